The maximum Gasteiger partial charge on any atom is 0.213 e. The van der Waals surface area contributed by atoms with Gasteiger partial charge in [-0.3, -0.25) is 0 Å². The average Bonchev–Trinajstić information content (AvgIpc) is 2.48. The van der Waals surface area contributed by atoms with Gasteiger partial charge < -0.3 is 10.1 Å². The Labute approximate surface area is 135 Å². The van der Waals surface area contributed by atoms with Gasteiger partial charge in [0.25, 0.3) is 0 Å². The van der Waals surface area contributed by atoms with Crippen molar-refractivity contribution in [3.8, 4) is 5.88 Å². The highest BCUT2D eigenvalue weighted by Gasteiger charge is 2.16. The quantitative estimate of drug-likeness (QED) is 0.876. The summed E-state index contributed by atoms with van der Waals surface area (Å²) in [5.41, 5.74) is 1.40. The molecule has 124 valence electrons. The van der Waals surface area contributed by atoms with Crippen molar-refractivity contribution < 1.29 is 17.5 Å². The van der Waals surface area contributed by atoms with Crippen LogP contribution in [0.2, 0.25) is 0 Å². The third kappa shape index (κ3) is 4.41. The van der Waals surface area contributed by atoms with Crippen LogP contribution in [-0.2, 0) is 9.84 Å². The number of rotatable bonds is 6. The zero-order valence-corrected chi connectivity index (χ0v) is 14.0. The minimum Gasteiger partial charge on any atom is -0.478 e. The van der Waals surface area contributed by atoms with Crippen LogP contribution in [0.25, 0.3) is 0 Å². The number of sulfone groups is 1. The topological polar surface area (TPSA) is 68.3 Å². The molecule has 1 heterocycles. The van der Waals surface area contributed by atoms with Crippen molar-refractivity contribution in [1.29, 1.82) is 0 Å². The standard InChI is InChI=1S/C16H19FN2O3S/c1-4-22-16-8-6-13(10-18-16)19-11(2)12-5-7-15(14(17)9-12)23(3,20)21/h5-11,19H,4H2,1-3H3. The fourth-order valence-corrected chi connectivity index (χ4v) is 2.85. The van der Waals surface area contributed by atoms with Crippen LogP contribution in [0.4, 0.5) is 10.1 Å². The second-order valence-electron chi connectivity index (χ2n) is 5.15. The molecule has 1 unspecified atom stereocenters. The summed E-state index contributed by atoms with van der Waals surface area (Å²) in [5, 5.41) is 3.18. The number of pyridine rings is 1. The smallest absolute Gasteiger partial charge is 0.213 e. The Hall–Kier alpha value is -2.15. The molecule has 1 aromatic carbocycles. The van der Waals surface area contributed by atoms with Crippen LogP contribution in [0.1, 0.15) is 25.5 Å². The molecule has 2 rings (SSSR count). The van der Waals surface area contributed by atoms with E-state index in [9.17, 15) is 12.8 Å². The highest BCUT2D eigenvalue weighted by Crippen LogP contribution is 2.23. The predicted molar refractivity (Wildman–Crippen MR) is 87.0 cm³/mol. The second-order valence-corrected chi connectivity index (χ2v) is 7.13. The van der Waals surface area contributed by atoms with Crippen molar-refractivity contribution in [3.05, 3.63) is 47.9 Å². The summed E-state index contributed by atoms with van der Waals surface area (Å²) in [4.78, 5) is 3.85. The second kappa shape index (κ2) is 6.95. The Morgan fingerprint density at radius 2 is 2.04 bits per heavy atom. The lowest BCUT2D eigenvalue weighted by Gasteiger charge is -2.16. The molecule has 1 aromatic heterocycles. The average molecular weight is 338 g/mol. The van der Waals surface area contributed by atoms with Gasteiger partial charge in [0.05, 0.1) is 18.5 Å². The molecule has 23 heavy (non-hydrogen) atoms. The van der Waals surface area contributed by atoms with Gasteiger partial charge in [0.2, 0.25) is 5.88 Å². The van der Waals surface area contributed by atoms with Gasteiger partial charge in [0, 0.05) is 18.4 Å². The van der Waals surface area contributed by atoms with E-state index in [2.05, 4.69) is 10.3 Å². The Balaban J connectivity index is 2.14. The maximum atomic E-state index is 13.9. The van der Waals surface area contributed by atoms with E-state index in [0.717, 1.165) is 11.9 Å². The maximum absolute atomic E-state index is 13.9. The Morgan fingerprint density at radius 1 is 1.30 bits per heavy atom. The molecule has 0 amide bonds. The van der Waals surface area contributed by atoms with Crippen molar-refractivity contribution in [2.75, 3.05) is 18.2 Å². The number of nitrogens with zero attached hydrogens (tertiary/aromatic N) is 1. The molecule has 0 spiro atoms. The van der Waals surface area contributed by atoms with E-state index in [-0.39, 0.29) is 10.9 Å². The molecule has 0 bridgehead atoms. The largest absolute Gasteiger partial charge is 0.478 e. The van der Waals surface area contributed by atoms with Crippen molar-refractivity contribution in [3.63, 3.8) is 0 Å². The van der Waals surface area contributed by atoms with E-state index in [1.165, 1.54) is 12.1 Å². The molecule has 5 nitrogen and oxygen atoms in total. The highest BCUT2D eigenvalue weighted by molar-refractivity contribution is 7.90. The summed E-state index contributed by atoms with van der Waals surface area (Å²) in [6.45, 7) is 4.28. The summed E-state index contributed by atoms with van der Waals surface area (Å²) >= 11 is 0. The molecule has 0 radical (unpaired) electrons. The van der Waals surface area contributed by atoms with Crippen molar-refractivity contribution in [2.24, 2.45) is 0 Å². The number of ether oxygens (including phenoxy) is 1. The van der Waals surface area contributed by atoms with E-state index < -0.39 is 15.7 Å². The zero-order valence-electron chi connectivity index (χ0n) is 13.2. The predicted octanol–water partition coefficient (Wildman–Crippen LogP) is 3.20. The lowest BCUT2D eigenvalue weighted by Crippen LogP contribution is -2.09. The third-order valence-corrected chi connectivity index (χ3v) is 4.40. The van der Waals surface area contributed by atoms with Gasteiger partial charge in [0.1, 0.15) is 10.7 Å². The third-order valence-electron chi connectivity index (χ3n) is 3.27. The van der Waals surface area contributed by atoms with E-state index in [1.807, 2.05) is 19.9 Å². The van der Waals surface area contributed by atoms with Crippen LogP contribution in [0.3, 0.4) is 0 Å². The Morgan fingerprint density at radius 3 is 2.57 bits per heavy atom. The van der Waals surface area contributed by atoms with Gasteiger partial charge in [-0.05, 0) is 37.6 Å². The number of halogens is 1. The van der Waals surface area contributed by atoms with E-state index in [1.54, 1.807) is 18.3 Å². The Bertz CT molecular complexity index is 776. The summed E-state index contributed by atoms with van der Waals surface area (Å²) in [5.74, 6) is -0.210. The van der Waals surface area contributed by atoms with Gasteiger partial charge in [-0.2, -0.15) is 0 Å². The molecule has 1 atom stereocenters. The van der Waals surface area contributed by atoms with Crippen LogP contribution < -0.4 is 10.1 Å². The first-order chi connectivity index (χ1) is 10.8. The molecule has 7 heteroatoms. The van der Waals surface area contributed by atoms with Crippen molar-refractivity contribution >= 4 is 15.5 Å². The summed E-state index contributed by atoms with van der Waals surface area (Å²) in [7, 11) is -3.56. The molecule has 0 aliphatic carbocycles. The summed E-state index contributed by atoms with van der Waals surface area (Å²) < 4.78 is 42.1. The summed E-state index contributed by atoms with van der Waals surface area (Å²) in [6.07, 6.45) is 2.61. The van der Waals surface area contributed by atoms with Crippen molar-refractivity contribution in [1.82, 2.24) is 4.98 Å². The minimum absolute atomic E-state index is 0.210. The van der Waals surface area contributed by atoms with Crippen LogP contribution in [0.15, 0.2) is 41.4 Å². The first-order valence-corrected chi connectivity index (χ1v) is 9.05. The molecule has 1 N–H and O–H groups in total. The molecule has 2 aromatic rings. The molecule has 0 fully saturated rings. The lowest BCUT2D eigenvalue weighted by atomic mass is 10.1. The summed E-state index contributed by atoms with van der Waals surface area (Å²) in [6, 6.07) is 7.46. The van der Waals surface area contributed by atoms with Crippen molar-refractivity contribution in [2.45, 2.75) is 24.8 Å². The van der Waals surface area contributed by atoms with E-state index in [4.69, 9.17) is 4.74 Å². The molecule has 0 aliphatic rings. The van der Waals surface area contributed by atoms with Crippen LogP contribution in [0.5, 0.6) is 5.88 Å². The Kier molecular flexibility index (Phi) is 5.20. The van der Waals surface area contributed by atoms with Crippen LogP contribution in [-0.4, -0.2) is 26.3 Å². The van der Waals surface area contributed by atoms with E-state index in [0.29, 0.717) is 18.1 Å². The number of anilines is 1. The SMILES string of the molecule is CCOc1ccc(NC(C)c2ccc(S(C)(=O)=O)c(F)c2)cn1. The number of hydrogen-bond acceptors (Lipinski definition) is 5. The molecular weight excluding hydrogens is 319 g/mol. The molecular formula is C16H19FN2O3S. The van der Waals surface area contributed by atoms with Gasteiger partial charge in [-0.25, -0.2) is 17.8 Å². The minimum atomic E-state index is -3.56. The zero-order chi connectivity index (χ0) is 17.0. The van der Waals surface area contributed by atoms with E-state index >= 15 is 0 Å². The fourth-order valence-electron chi connectivity index (χ4n) is 2.12. The normalized spacial score (nSPS) is 12.7. The number of benzene rings is 1. The molecule has 0 aliphatic heterocycles. The fraction of sp³-hybridized carbons (Fsp3) is 0.312. The van der Waals surface area contributed by atoms with Gasteiger partial charge >= 0.3 is 0 Å². The highest BCUT2D eigenvalue weighted by atomic mass is 32.2. The number of hydrogen-bond donors (Lipinski definition) is 1. The molecule has 0 saturated heterocycles. The van der Waals surface area contributed by atoms with Gasteiger partial charge in [0.15, 0.2) is 9.84 Å². The number of aromatic nitrogens is 1. The van der Waals surface area contributed by atoms with Gasteiger partial charge in [-0.15, -0.1) is 0 Å². The van der Waals surface area contributed by atoms with Crippen LogP contribution >= 0.6 is 0 Å². The first kappa shape index (κ1) is 17.2. The van der Waals surface area contributed by atoms with Gasteiger partial charge in [-0.1, -0.05) is 6.07 Å². The number of nitrogens with one attached hydrogen (secondary N) is 1. The lowest BCUT2D eigenvalue weighted by molar-refractivity contribution is 0.327. The monoisotopic (exact) mass is 338 g/mol. The molecule has 0 saturated carbocycles. The van der Waals surface area contributed by atoms with Crippen LogP contribution in [0, 0.1) is 5.82 Å². The first-order valence-electron chi connectivity index (χ1n) is 7.16.